The van der Waals surface area contributed by atoms with Crippen molar-refractivity contribution in [3.05, 3.63) is 41.5 Å². The fourth-order valence-corrected chi connectivity index (χ4v) is 6.18. The Morgan fingerprint density at radius 1 is 1.04 bits per heavy atom. The number of rotatable bonds is 4. The summed E-state index contributed by atoms with van der Waals surface area (Å²) in [5, 5.41) is 3.99. The maximum absolute atomic E-state index is 4.64. The molecule has 4 saturated carbocycles. The summed E-state index contributed by atoms with van der Waals surface area (Å²) in [5.74, 6) is 3.74. The van der Waals surface area contributed by atoms with Gasteiger partial charge in [-0.2, -0.15) is 0 Å². The fraction of sp³-hybridized carbons (Fsp3) is 0.619. The summed E-state index contributed by atoms with van der Waals surface area (Å²) >= 11 is 0. The average Bonchev–Trinajstić information content (AvgIpc) is 2.99. The molecule has 0 radical (unpaired) electrons. The van der Waals surface area contributed by atoms with E-state index in [2.05, 4.69) is 38.2 Å². The van der Waals surface area contributed by atoms with Gasteiger partial charge in [0.25, 0.3) is 0 Å². The molecule has 132 valence electrons. The van der Waals surface area contributed by atoms with Gasteiger partial charge in [-0.1, -0.05) is 0 Å². The highest BCUT2D eigenvalue weighted by molar-refractivity contribution is 5.24. The van der Waals surface area contributed by atoms with Gasteiger partial charge in [0.05, 0.1) is 0 Å². The van der Waals surface area contributed by atoms with Crippen LogP contribution in [0.15, 0.2) is 24.4 Å². The van der Waals surface area contributed by atoms with Crippen LogP contribution in [-0.4, -0.2) is 20.1 Å². The van der Waals surface area contributed by atoms with Gasteiger partial charge in [-0.15, -0.1) is 0 Å². The Bertz CT molecular complexity index is 735. The quantitative estimate of drug-likeness (QED) is 0.919. The SMILES string of the molecule is Cc1cc(C)nc(-n2cccc2CNC23CC4CC(CC(C4)C2)C3)n1. The molecule has 2 aromatic rings. The van der Waals surface area contributed by atoms with E-state index in [9.17, 15) is 0 Å². The van der Waals surface area contributed by atoms with Crippen molar-refractivity contribution in [3.8, 4) is 5.95 Å². The van der Waals surface area contributed by atoms with E-state index in [-0.39, 0.29) is 0 Å². The monoisotopic (exact) mass is 336 g/mol. The average molecular weight is 336 g/mol. The number of hydrogen-bond donors (Lipinski definition) is 1. The third-order valence-electron chi connectivity index (χ3n) is 6.70. The summed E-state index contributed by atoms with van der Waals surface area (Å²) in [4.78, 5) is 9.27. The van der Waals surface area contributed by atoms with Crippen LogP contribution in [0.3, 0.4) is 0 Å². The van der Waals surface area contributed by atoms with E-state index in [1.54, 1.807) is 0 Å². The lowest BCUT2D eigenvalue weighted by Crippen LogP contribution is -2.58. The van der Waals surface area contributed by atoms with Gasteiger partial charge in [0.15, 0.2) is 0 Å². The van der Waals surface area contributed by atoms with E-state index in [1.165, 1.54) is 44.2 Å². The second-order valence-corrected chi connectivity index (χ2v) is 8.87. The molecule has 0 spiro atoms. The van der Waals surface area contributed by atoms with Gasteiger partial charge in [0.1, 0.15) is 0 Å². The van der Waals surface area contributed by atoms with Crippen LogP contribution >= 0.6 is 0 Å². The maximum atomic E-state index is 4.64. The van der Waals surface area contributed by atoms with Crippen molar-refractivity contribution in [2.75, 3.05) is 0 Å². The van der Waals surface area contributed by atoms with E-state index in [0.717, 1.165) is 41.6 Å². The standard InChI is InChI=1S/C21H28N4/c1-14-6-15(2)24-20(23-14)25-5-3-4-19(25)13-22-21-10-16-7-17(11-21)9-18(8-16)12-21/h3-6,16-18,22H,7-13H2,1-2H3. The summed E-state index contributed by atoms with van der Waals surface area (Å²) in [6.07, 6.45) is 10.7. The molecule has 2 aromatic heterocycles. The van der Waals surface area contributed by atoms with E-state index in [4.69, 9.17) is 0 Å². The van der Waals surface area contributed by atoms with Crippen LogP contribution in [0, 0.1) is 31.6 Å². The first-order valence-corrected chi connectivity index (χ1v) is 9.82. The predicted molar refractivity (Wildman–Crippen MR) is 98.6 cm³/mol. The molecule has 0 aliphatic heterocycles. The molecule has 25 heavy (non-hydrogen) atoms. The Morgan fingerprint density at radius 3 is 2.24 bits per heavy atom. The Hall–Kier alpha value is -1.68. The minimum absolute atomic E-state index is 0.396. The van der Waals surface area contributed by atoms with Crippen molar-refractivity contribution in [2.45, 2.75) is 64.5 Å². The van der Waals surface area contributed by atoms with Crippen molar-refractivity contribution >= 4 is 0 Å². The van der Waals surface area contributed by atoms with E-state index in [0.29, 0.717) is 5.54 Å². The van der Waals surface area contributed by atoms with Crippen molar-refractivity contribution < 1.29 is 0 Å². The van der Waals surface area contributed by atoms with E-state index >= 15 is 0 Å². The fourth-order valence-electron chi connectivity index (χ4n) is 6.18. The largest absolute Gasteiger partial charge is 0.306 e. The highest BCUT2D eigenvalue weighted by atomic mass is 15.2. The summed E-state index contributed by atoms with van der Waals surface area (Å²) in [5.41, 5.74) is 3.71. The molecule has 4 heteroatoms. The van der Waals surface area contributed by atoms with Gasteiger partial charge in [0.2, 0.25) is 5.95 Å². The zero-order valence-corrected chi connectivity index (χ0v) is 15.3. The van der Waals surface area contributed by atoms with Crippen molar-refractivity contribution in [1.29, 1.82) is 0 Å². The number of aromatic nitrogens is 3. The molecular weight excluding hydrogens is 308 g/mol. The van der Waals surface area contributed by atoms with Crippen LogP contribution in [0.2, 0.25) is 0 Å². The number of nitrogens with zero attached hydrogens (tertiary/aromatic N) is 3. The lowest BCUT2D eigenvalue weighted by molar-refractivity contribution is -0.0208. The van der Waals surface area contributed by atoms with Gasteiger partial charge in [-0.3, -0.25) is 4.57 Å². The molecule has 4 fully saturated rings. The van der Waals surface area contributed by atoms with E-state index in [1.807, 2.05) is 19.9 Å². The molecule has 4 aliphatic rings. The molecule has 0 amide bonds. The molecule has 0 saturated heterocycles. The lowest BCUT2D eigenvalue weighted by atomic mass is 9.53. The third kappa shape index (κ3) is 2.80. The molecule has 4 nitrogen and oxygen atoms in total. The van der Waals surface area contributed by atoms with Crippen LogP contribution in [0.1, 0.15) is 55.6 Å². The zero-order chi connectivity index (χ0) is 17.0. The minimum Gasteiger partial charge on any atom is -0.306 e. The van der Waals surface area contributed by atoms with Crippen molar-refractivity contribution in [1.82, 2.24) is 19.9 Å². The Kier molecular flexibility index (Phi) is 3.53. The second kappa shape index (κ2) is 5.66. The molecule has 2 heterocycles. The lowest BCUT2D eigenvalue weighted by Gasteiger charge is -2.57. The summed E-state index contributed by atoms with van der Waals surface area (Å²) in [6.45, 7) is 4.99. The molecule has 4 aliphatic carbocycles. The molecule has 0 aromatic carbocycles. The topological polar surface area (TPSA) is 42.7 Å². The second-order valence-electron chi connectivity index (χ2n) is 8.87. The van der Waals surface area contributed by atoms with Crippen LogP contribution in [0.5, 0.6) is 0 Å². The van der Waals surface area contributed by atoms with Gasteiger partial charge >= 0.3 is 0 Å². The highest BCUT2D eigenvalue weighted by Crippen LogP contribution is 2.55. The normalized spacial score (nSPS) is 33.1. The molecule has 1 N–H and O–H groups in total. The Morgan fingerprint density at radius 2 is 1.64 bits per heavy atom. The minimum atomic E-state index is 0.396. The first-order valence-electron chi connectivity index (χ1n) is 9.82. The number of aryl methyl sites for hydroxylation is 2. The Balaban J connectivity index is 1.37. The van der Waals surface area contributed by atoms with Gasteiger partial charge in [0, 0.05) is 35.4 Å². The summed E-state index contributed by atoms with van der Waals surface area (Å²) < 4.78 is 2.15. The van der Waals surface area contributed by atoms with Gasteiger partial charge < -0.3 is 5.32 Å². The smallest absolute Gasteiger partial charge is 0.234 e. The molecular formula is C21H28N4. The van der Waals surface area contributed by atoms with Crippen LogP contribution in [0.25, 0.3) is 5.95 Å². The van der Waals surface area contributed by atoms with E-state index < -0.39 is 0 Å². The zero-order valence-electron chi connectivity index (χ0n) is 15.3. The predicted octanol–water partition coefficient (Wildman–Crippen LogP) is 3.94. The maximum Gasteiger partial charge on any atom is 0.234 e. The third-order valence-corrected chi connectivity index (χ3v) is 6.70. The number of hydrogen-bond acceptors (Lipinski definition) is 3. The summed E-state index contributed by atoms with van der Waals surface area (Å²) in [6, 6.07) is 6.34. The van der Waals surface area contributed by atoms with Crippen LogP contribution in [-0.2, 0) is 6.54 Å². The molecule has 0 unspecified atom stereocenters. The van der Waals surface area contributed by atoms with Crippen LogP contribution < -0.4 is 5.32 Å². The summed E-state index contributed by atoms with van der Waals surface area (Å²) in [7, 11) is 0. The Labute approximate surface area is 150 Å². The van der Waals surface area contributed by atoms with Gasteiger partial charge in [-0.05, 0) is 88.3 Å². The highest BCUT2D eigenvalue weighted by Gasteiger charge is 2.50. The first-order chi connectivity index (χ1) is 12.1. The first kappa shape index (κ1) is 15.6. The molecule has 4 bridgehead atoms. The molecule has 0 atom stereocenters. The molecule has 6 rings (SSSR count). The number of nitrogens with one attached hydrogen (secondary N) is 1. The van der Waals surface area contributed by atoms with Crippen molar-refractivity contribution in [2.24, 2.45) is 17.8 Å². The van der Waals surface area contributed by atoms with Gasteiger partial charge in [-0.25, -0.2) is 9.97 Å². The van der Waals surface area contributed by atoms with Crippen molar-refractivity contribution in [3.63, 3.8) is 0 Å². The van der Waals surface area contributed by atoms with Crippen LogP contribution in [0.4, 0.5) is 0 Å².